The third-order valence-corrected chi connectivity index (χ3v) is 4.86. The van der Waals surface area contributed by atoms with Crippen LogP contribution in [-0.4, -0.2) is 30.7 Å². The number of hydrogen-bond acceptors (Lipinski definition) is 6. The van der Waals surface area contributed by atoms with Crippen molar-refractivity contribution in [3.05, 3.63) is 67.9 Å². The summed E-state index contributed by atoms with van der Waals surface area (Å²) in [4.78, 5) is 35.9. The van der Waals surface area contributed by atoms with Crippen LogP contribution in [-0.2, 0) is 19.1 Å². The van der Waals surface area contributed by atoms with Crippen molar-refractivity contribution >= 4 is 11.6 Å². The molecule has 0 aromatic heterocycles. The van der Waals surface area contributed by atoms with Gasteiger partial charge in [0, 0.05) is 17.6 Å². The number of allylic oxidation sites excluding steroid dienone is 8. The van der Waals surface area contributed by atoms with Crippen molar-refractivity contribution in [3.8, 4) is 0 Å². The molecular formula is C23H31NO6. The summed E-state index contributed by atoms with van der Waals surface area (Å²) in [7, 11) is 2.66. The molecule has 0 radical (unpaired) electrons. The second kappa shape index (κ2) is 11.9. The van der Waals surface area contributed by atoms with E-state index in [-0.39, 0.29) is 33.7 Å². The molecule has 1 aliphatic carbocycles. The molecule has 1 aliphatic rings. The summed E-state index contributed by atoms with van der Waals surface area (Å²) in [6.07, 6.45) is 8.02. The number of methoxy groups -OCH3 is 2. The fourth-order valence-corrected chi connectivity index (χ4v) is 3.06. The van der Waals surface area contributed by atoms with Crippen molar-refractivity contribution in [2.24, 2.45) is 0 Å². The number of carbonyl (C=O) groups excluding carboxylic acids is 2. The lowest BCUT2D eigenvalue weighted by Gasteiger charge is -2.19. The first-order valence-electron chi connectivity index (χ1n) is 9.87. The maximum Gasteiger partial charge on any atom is 0.242 e. The van der Waals surface area contributed by atoms with E-state index in [1.54, 1.807) is 13.0 Å². The minimum Gasteiger partial charge on any atom is -0.489 e. The lowest BCUT2D eigenvalue weighted by atomic mass is 9.90. The topological polar surface area (TPSA) is 95.7 Å². The highest BCUT2D eigenvalue weighted by atomic mass is 16.6. The van der Waals surface area contributed by atoms with Crippen LogP contribution in [0.4, 0.5) is 0 Å². The van der Waals surface area contributed by atoms with E-state index < -0.39 is 0 Å². The van der Waals surface area contributed by atoms with Gasteiger partial charge < -0.3 is 9.47 Å². The minimum absolute atomic E-state index is 0.0741. The average Bonchev–Trinajstić information content (AvgIpc) is 2.68. The molecular weight excluding hydrogens is 386 g/mol. The Kier molecular flexibility index (Phi) is 9.95. The molecule has 0 saturated heterocycles. The largest absolute Gasteiger partial charge is 0.489 e. The zero-order valence-electron chi connectivity index (χ0n) is 18.7. The first-order valence-corrected chi connectivity index (χ1v) is 9.87. The maximum absolute atomic E-state index is 12.6. The molecule has 0 aromatic rings. The standard InChI is InChI=1S/C23H31NO6/c1-15(2)9-7-11-18(24(27)28)12-8-10-16(3)13-14-19-17(4)20(25)22(29-5)23(30-6)21(19)26/h9,12-13H,7-8,10-11,14H2,1-6H3/b16-13+,18-12-. The Bertz CT molecular complexity index is 851. The summed E-state index contributed by atoms with van der Waals surface area (Å²) < 4.78 is 10.1. The molecule has 0 amide bonds. The maximum atomic E-state index is 12.6. The van der Waals surface area contributed by atoms with E-state index in [0.29, 0.717) is 43.3 Å². The molecule has 7 heteroatoms. The lowest BCUT2D eigenvalue weighted by molar-refractivity contribution is -0.428. The zero-order chi connectivity index (χ0) is 22.8. The third-order valence-electron chi connectivity index (χ3n) is 4.86. The zero-order valence-corrected chi connectivity index (χ0v) is 18.7. The van der Waals surface area contributed by atoms with Crippen LogP contribution in [0.1, 0.15) is 59.8 Å². The molecule has 0 aromatic carbocycles. The quantitative estimate of drug-likeness (QED) is 0.203. The van der Waals surface area contributed by atoms with Crippen molar-refractivity contribution < 1.29 is 24.0 Å². The van der Waals surface area contributed by atoms with Gasteiger partial charge in [-0.2, -0.15) is 0 Å². The molecule has 7 nitrogen and oxygen atoms in total. The monoisotopic (exact) mass is 417 g/mol. The van der Waals surface area contributed by atoms with Gasteiger partial charge in [-0.1, -0.05) is 23.3 Å². The Morgan fingerprint density at radius 1 is 0.933 bits per heavy atom. The van der Waals surface area contributed by atoms with Gasteiger partial charge in [0.05, 0.1) is 19.1 Å². The van der Waals surface area contributed by atoms with Crippen LogP contribution < -0.4 is 0 Å². The van der Waals surface area contributed by atoms with Crippen molar-refractivity contribution in [3.63, 3.8) is 0 Å². The molecule has 0 atom stereocenters. The highest BCUT2D eigenvalue weighted by Crippen LogP contribution is 2.28. The second-order valence-corrected chi connectivity index (χ2v) is 7.39. The predicted molar refractivity (Wildman–Crippen MR) is 115 cm³/mol. The van der Waals surface area contributed by atoms with Gasteiger partial charge in [-0.15, -0.1) is 0 Å². The first kappa shape index (κ1) is 25.1. The van der Waals surface area contributed by atoms with Gasteiger partial charge in [0.15, 0.2) is 0 Å². The normalized spacial score (nSPS) is 15.5. The van der Waals surface area contributed by atoms with E-state index in [1.165, 1.54) is 14.2 Å². The number of nitro groups is 1. The van der Waals surface area contributed by atoms with Gasteiger partial charge in [0.2, 0.25) is 28.8 Å². The number of hydrogen-bond donors (Lipinski definition) is 0. The number of nitrogens with zero attached hydrogens (tertiary/aromatic N) is 1. The van der Waals surface area contributed by atoms with Crippen LogP contribution in [0.15, 0.2) is 57.7 Å². The van der Waals surface area contributed by atoms with E-state index >= 15 is 0 Å². The summed E-state index contributed by atoms with van der Waals surface area (Å²) >= 11 is 0. The number of carbonyl (C=O) groups is 2. The van der Waals surface area contributed by atoms with E-state index in [0.717, 1.165) is 11.1 Å². The van der Waals surface area contributed by atoms with E-state index in [9.17, 15) is 19.7 Å². The molecule has 0 N–H and O–H groups in total. The van der Waals surface area contributed by atoms with E-state index in [4.69, 9.17) is 9.47 Å². The Hall–Kier alpha value is -2.96. The fraction of sp³-hybridized carbons (Fsp3) is 0.478. The summed E-state index contributed by atoms with van der Waals surface area (Å²) in [6, 6.07) is 0. The molecule has 0 spiro atoms. The number of rotatable bonds is 11. The van der Waals surface area contributed by atoms with E-state index in [1.807, 2.05) is 32.9 Å². The fourth-order valence-electron chi connectivity index (χ4n) is 3.06. The van der Waals surface area contributed by atoms with Crippen LogP contribution in [0.2, 0.25) is 0 Å². The molecule has 0 unspecified atom stereocenters. The Labute approximate surface area is 178 Å². The number of ether oxygens (including phenoxy) is 2. The summed E-state index contributed by atoms with van der Waals surface area (Å²) in [5.41, 5.74) is 3.06. The molecule has 0 fully saturated rings. The molecule has 0 heterocycles. The predicted octanol–water partition coefficient (Wildman–Crippen LogP) is 4.98. The number of Topliss-reactive ketones (excluding diaryl/α,β-unsaturated/α-hetero) is 2. The van der Waals surface area contributed by atoms with Gasteiger partial charge in [0.25, 0.3) is 0 Å². The smallest absolute Gasteiger partial charge is 0.242 e. The molecule has 30 heavy (non-hydrogen) atoms. The van der Waals surface area contributed by atoms with Gasteiger partial charge in [-0.3, -0.25) is 19.7 Å². The average molecular weight is 418 g/mol. The van der Waals surface area contributed by atoms with Crippen LogP contribution in [0.3, 0.4) is 0 Å². The number of ketones is 2. The van der Waals surface area contributed by atoms with Gasteiger partial charge in [0.1, 0.15) is 0 Å². The second-order valence-electron chi connectivity index (χ2n) is 7.39. The molecule has 164 valence electrons. The third kappa shape index (κ3) is 6.83. The van der Waals surface area contributed by atoms with Gasteiger partial charge in [-0.05, 0) is 59.5 Å². The Morgan fingerprint density at radius 3 is 2.03 bits per heavy atom. The minimum atomic E-state index is -0.357. The van der Waals surface area contributed by atoms with Crippen molar-refractivity contribution in [1.29, 1.82) is 0 Å². The highest BCUT2D eigenvalue weighted by molar-refractivity contribution is 6.23. The molecule has 1 rings (SSSR count). The molecule has 0 aliphatic heterocycles. The van der Waals surface area contributed by atoms with Gasteiger partial charge >= 0.3 is 0 Å². The van der Waals surface area contributed by atoms with Gasteiger partial charge in [-0.25, -0.2) is 0 Å². The summed E-state index contributed by atoms with van der Waals surface area (Å²) in [5.74, 6) is -0.866. The van der Waals surface area contributed by atoms with E-state index in [2.05, 4.69) is 0 Å². The van der Waals surface area contributed by atoms with Crippen molar-refractivity contribution in [2.75, 3.05) is 14.2 Å². The lowest BCUT2D eigenvalue weighted by Crippen LogP contribution is -2.24. The van der Waals surface area contributed by atoms with Crippen molar-refractivity contribution in [1.82, 2.24) is 0 Å². The summed E-state index contributed by atoms with van der Waals surface area (Å²) in [5, 5.41) is 11.2. The first-order chi connectivity index (χ1) is 14.1. The highest BCUT2D eigenvalue weighted by Gasteiger charge is 2.34. The van der Waals surface area contributed by atoms with Crippen LogP contribution in [0.5, 0.6) is 0 Å². The Balaban J connectivity index is 2.80. The van der Waals surface area contributed by atoms with Crippen molar-refractivity contribution in [2.45, 2.75) is 59.8 Å². The van der Waals surface area contributed by atoms with Crippen LogP contribution >= 0.6 is 0 Å². The van der Waals surface area contributed by atoms with Crippen LogP contribution in [0.25, 0.3) is 0 Å². The molecule has 0 bridgehead atoms. The Morgan fingerprint density at radius 2 is 1.50 bits per heavy atom. The summed E-state index contributed by atoms with van der Waals surface area (Å²) in [6.45, 7) is 7.43. The SMILES string of the molecule is COC1=C(OC)C(=O)C(C/C=C(\C)CC/C=C(/CCC=C(C)C)[N+](=O)[O-])=C(C)C1=O. The molecule has 0 saturated carbocycles. The van der Waals surface area contributed by atoms with Crippen LogP contribution in [0, 0.1) is 10.1 Å².